The van der Waals surface area contributed by atoms with Crippen molar-refractivity contribution in [1.29, 1.82) is 0 Å². The first kappa shape index (κ1) is 9.49. The Kier molecular flexibility index (Phi) is 2.19. The van der Waals surface area contributed by atoms with Crippen LogP contribution < -0.4 is 0 Å². The van der Waals surface area contributed by atoms with Crippen molar-refractivity contribution < 1.29 is 0 Å². The molecular formula is C15H9S. The summed E-state index contributed by atoms with van der Waals surface area (Å²) >= 11 is 4.92. The van der Waals surface area contributed by atoms with E-state index in [4.69, 9.17) is 12.2 Å². The van der Waals surface area contributed by atoms with Gasteiger partial charge in [0, 0.05) is 5.56 Å². The minimum Gasteiger partial charge on any atom is -0.0778 e. The number of thiocarbonyl (C=S) groups is 1. The third-order valence-corrected chi connectivity index (χ3v) is 3.12. The van der Waals surface area contributed by atoms with Crippen LogP contribution in [0.1, 0.15) is 5.56 Å². The van der Waals surface area contributed by atoms with Gasteiger partial charge in [-0.1, -0.05) is 66.8 Å². The largest absolute Gasteiger partial charge is 0.0778 e. The zero-order valence-corrected chi connectivity index (χ0v) is 9.42. The van der Waals surface area contributed by atoms with Gasteiger partial charge in [0.1, 0.15) is 0 Å². The van der Waals surface area contributed by atoms with Crippen LogP contribution >= 0.6 is 12.2 Å². The molecule has 3 aromatic carbocycles. The molecule has 0 saturated carbocycles. The van der Waals surface area contributed by atoms with Gasteiger partial charge >= 0.3 is 0 Å². The Morgan fingerprint density at radius 1 is 0.688 bits per heavy atom. The fraction of sp³-hybridized carbons (Fsp3) is 0. The molecule has 0 atom stereocenters. The van der Waals surface area contributed by atoms with Crippen molar-refractivity contribution in [3.8, 4) is 0 Å². The molecule has 16 heavy (non-hydrogen) atoms. The fourth-order valence-electron chi connectivity index (χ4n) is 2.13. The number of hydrogen-bond donors (Lipinski definition) is 0. The highest BCUT2D eigenvalue weighted by Crippen LogP contribution is 2.26. The van der Waals surface area contributed by atoms with E-state index in [1.54, 1.807) is 0 Å². The van der Waals surface area contributed by atoms with Crippen LogP contribution in [0.4, 0.5) is 0 Å². The topological polar surface area (TPSA) is 0 Å². The van der Waals surface area contributed by atoms with E-state index >= 15 is 0 Å². The maximum atomic E-state index is 4.92. The normalized spacial score (nSPS) is 10.8. The second-order valence-electron chi connectivity index (χ2n) is 3.79. The first-order valence-electron chi connectivity index (χ1n) is 5.19. The third kappa shape index (κ3) is 1.33. The van der Waals surface area contributed by atoms with Crippen LogP contribution in [0.15, 0.2) is 54.6 Å². The summed E-state index contributed by atoms with van der Waals surface area (Å²) in [7, 11) is 0. The molecule has 0 heterocycles. The van der Waals surface area contributed by atoms with Gasteiger partial charge in [-0.2, -0.15) is 0 Å². The van der Waals surface area contributed by atoms with Crippen LogP contribution in [0.3, 0.4) is 0 Å². The van der Waals surface area contributed by atoms with Gasteiger partial charge in [-0.3, -0.25) is 0 Å². The lowest BCUT2D eigenvalue weighted by Crippen LogP contribution is -1.83. The molecule has 3 aromatic rings. The van der Waals surface area contributed by atoms with Crippen molar-refractivity contribution >= 4 is 39.1 Å². The standard InChI is InChI=1S/C15H9S/c16-10-12-5-3-7-15-13-6-2-1-4-11(13)8-9-14(12)15/h1-9H. The van der Waals surface area contributed by atoms with Gasteiger partial charge in [0.25, 0.3) is 0 Å². The van der Waals surface area contributed by atoms with Crippen molar-refractivity contribution in [3.05, 3.63) is 60.2 Å². The quantitative estimate of drug-likeness (QED) is 0.438. The maximum absolute atomic E-state index is 4.92. The van der Waals surface area contributed by atoms with Gasteiger partial charge < -0.3 is 0 Å². The third-order valence-electron chi connectivity index (χ3n) is 2.90. The highest BCUT2D eigenvalue weighted by atomic mass is 32.1. The average Bonchev–Trinajstić information content (AvgIpc) is 2.37. The van der Waals surface area contributed by atoms with Gasteiger partial charge in [-0.05, 0) is 21.5 Å². The van der Waals surface area contributed by atoms with E-state index in [1.807, 2.05) is 12.1 Å². The monoisotopic (exact) mass is 221 g/mol. The molecule has 3 rings (SSSR count). The van der Waals surface area contributed by atoms with Crippen LogP contribution in [0, 0.1) is 0 Å². The van der Waals surface area contributed by atoms with Crippen molar-refractivity contribution in [3.63, 3.8) is 0 Å². The van der Waals surface area contributed by atoms with Gasteiger partial charge in [0.15, 0.2) is 0 Å². The summed E-state index contributed by atoms with van der Waals surface area (Å²) in [5.74, 6) is 0. The Balaban J connectivity index is 2.57. The van der Waals surface area contributed by atoms with E-state index in [1.165, 1.54) is 21.5 Å². The second-order valence-corrected chi connectivity index (χ2v) is 3.99. The first-order valence-corrected chi connectivity index (χ1v) is 5.59. The lowest BCUT2D eigenvalue weighted by atomic mass is 9.99. The molecule has 0 nitrogen and oxygen atoms in total. The van der Waals surface area contributed by atoms with Crippen LogP contribution in [0.2, 0.25) is 0 Å². The average molecular weight is 221 g/mol. The van der Waals surface area contributed by atoms with Crippen LogP contribution in [-0.2, 0) is 0 Å². The molecule has 0 aliphatic carbocycles. The van der Waals surface area contributed by atoms with E-state index in [-0.39, 0.29) is 0 Å². The zero-order chi connectivity index (χ0) is 11.0. The van der Waals surface area contributed by atoms with E-state index < -0.39 is 0 Å². The predicted octanol–water partition coefficient (Wildman–Crippen LogP) is 4.22. The molecule has 1 radical (unpaired) electrons. The first-order chi connectivity index (χ1) is 7.90. The predicted molar refractivity (Wildman–Crippen MR) is 73.2 cm³/mol. The molecule has 0 saturated heterocycles. The molecule has 1 heteroatoms. The van der Waals surface area contributed by atoms with Gasteiger partial charge in [0.05, 0.1) is 5.37 Å². The Bertz CT molecular complexity index is 683. The Hall–Kier alpha value is -1.73. The minimum absolute atomic E-state index is 0.998. The molecule has 0 aliphatic rings. The zero-order valence-electron chi connectivity index (χ0n) is 8.60. The van der Waals surface area contributed by atoms with Crippen molar-refractivity contribution in [2.45, 2.75) is 0 Å². The van der Waals surface area contributed by atoms with Crippen LogP contribution in [0.5, 0.6) is 0 Å². The molecule has 0 aromatic heterocycles. The SMILES string of the molecule is S=[C]c1cccc2c1ccc1ccccc12. The fourth-order valence-corrected chi connectivity index (χ4v) is 2.31. The molecule has 0 bridgehead atoms. The minimum atomic E-state index is 0.998. The van der Waals surface area contributed by atoms with Crippen LogP contribution in [-0.4, -0.2) is 5.37 Å². The molecular weight excluding hydrogens is 212 g/mol. The van der Waals surface area contributed by atoms with Gasteiger partial charge in [0.2, 0.25) is 0 Å². The summed E-state index contributed by atoms with van der Waals surface area (Å²) in [5, 5.41) is 7.77. The maximum Gasteiger partial charge on any atom is 0.0642 e. The lowest BCUT2D eigenvalue weighted by molar-refractivity contribution is 1.75. The number of rotatable bonds is 1. The summed E-state index contributed by atoms with van der Waals surface area (Å²) in [4.78, 5) is 0. The van der Waals surface area contributed by atoms with Crippen molar-refractivity contribution in [1.82, 2.24) is 0 Å². The van der Waals surface area contributed by atoms with Gasteiger partial charge in [-0.15, -0.1) is 0 Å². The Morgan fingerprint density at radius 3 is 2.38 bits per heavy atom. The molecule has 0 amide bonds. The summed E-state index contributed by atoms with van der Waals surface area (Å²) < 4.78 is 0. The van der Waals surface area contributed by atoms with E-state index in [0.717, 1.165) is 5.56 Å². The van der Waals surface area contributed by atoms with Crippen LogP contribution in [0.25, 0.3) is 21.5 Å². The molecule has 0 fully saturated rings. The molecule has 0 N–H and O–H groups in total. The highest BCUT2D eigenvalue weighted by Gasteiger charge is 2.02. The highest BCUT2D eigenvalue weighted by molar-refractivity contribution is 7.79. The summed E-state index contributed by atoms with van der Waals surface area (Å²) in [6.07, 6.45) is 0. The van der Waals surface area contributed by atoms with E-state index in [2.05, 4.69) is 47.8 Å². The molecule has 75 valence electrons. The Labute approximate surface area is 99.5 Å². The molecule has 0 spiro atoms. The second kappa shape index (κ2) is 3.69. The molecule has 0 unspecified atom stereocenters. The van der Waals surface area contributed by atoms with Crippen molar-refractivity contribution in [2.75, 3.05) is 0 Å². The van der Waals surface area contributed by atoms with Gasteiger partial charge in [-0.25, -0.2) is 0 Å². The lowest BCUT2D eigenvalue weighted by Gasteiger charge is -2.05. The smallest absolute Gasteiger partial charge is 0.0642 e. The molecule has 0 aliphatic heterocycles. The number of fused-ring (bicyclic) bond motifs is 3. The summed E-state index contributed by atoms with van der Waals surface area (Å²) in [6, 6.07) is 18.8. The van der Waals surface area contributed by atoms with Crippen molar-refractivity contribution in [2.24, 2.45) is 0 Å². The van der Waals surface area contributed by atoms with E-state index in [9.17, 15) is 0 Å². The number of hydrogen-bond acceptors (Lipinski definition) is 1. The van der Waals surface area contributed by atoms with E-state index in [0.29, 0.717) is 0 Å². The summed E-state index contributed by atoms with van der Waals surface area (Å²) in [5.41, 5.74) is 0.998. The summed E-state index contributed by atoms with van der Waals surface area (Å²) in [6.45, 7) is 0. The Morgan fingerprint density at radius 2 is 1.50 bits per heavy atom. The number of benzene rings is 3.